The monoisotopic (exact) mass is 394 g/mol. The highest BCUT2D eigenvalue weighted by Gasteiger charge is 2.42. The predicted octanol–water partition coefficient (Wildman–Crippen LogP) is 4.15. The first-order valence-electron chi connectivity index (χ1n) is 11.9. The van der Waals surface area contributed by atoms with Gasteiger partial charge in [0.1, 0.15) is 0 Å². The fourth-order valence-electron chi connectivity index (χ4n) is 6.47. The molecule has 0 saturated carbocycles. The molecule has 1 unspecified atom stereocenters. The molecular formula is C24H50N4. The van der Waals surface area contributed by atoms with Crippen LogP contribution in [0.5, 0.6) is 0 Å². The second kappa shape index (κ2) is 9.32. The minimum Gasteiger partial charge on any atom is -0.298 e. The molecule has 28 heavy (non-hydrogen) atoms. The van der Waals surface area contributed by atoms with E-state index in [2.05, 4.69) is 95.8 Å². The summed E-state index contributed by atoms with van der Waals surface area (Å²) in [6.45, 7) is 31.3. The highest BCUT2D eigenvalue weighted by Crippen LogP contribution is 2.32. The van der Waals surface area contributed by atoms with Crippen molar-refractivity contribution in [3.8, 4) is 0 Å². The Labute approximate surface area is 176 Å². The first-order chi connectivity index (χ1) is 12.9. The minimum atomic E-state index is 0.222. The van der Waals surface area contributed by atoms with E-state index in [4.69, 9.17) is 0 Å². The third kappa shape index (κ3) is 5.11. The molecule has 0 amide bonds. The van der Waals surface area contributed by atoms with E-state index in [1.165, 1.54) is 32.6 Å². The van der Waals surface area contributed by atoms with E-state index in [1.807, 2.05) is 0 Å². The van der Waals surface area contributed by atoms with Crippen LogP contribution >= 0.6 is 0 Å². The number of rotatable bonds is 6. The number of hydrogen-bond donors (Lipinski definition) is 0. The van der Waals surface area contributed by atoms with Crippen LogP contribution in [0.1, 0.15) is 82.6 Å². The van der Waals surface area contributed by atoms with Gasteiger partial charge >= 0.3 is 0 Å². The zero-order chi connectivity index (χ0) is 21.4. The summed E-state index contributed by atoms with van der Waals surface area (Å²) >= 11 is 0. The Morgan fingerprint density at radius 1 is 0.750 bits per heavy atom. The number of hydrogen-bond acceptors (Lipinski definition) is 4. The van der Waals surface area contributed by atoms with Crippen molar-refractivity contribution in [1.29, 1.82) is 0 Å². The molecule has 2 aliphatic rings. The largest absolute Gasteiger partial charge is 0.298 e. The van der Waals surface area contributed by atoms with Crippen LogP contribution in [0.25, 0.3) is 0 Å². The third-order valence-electron chi connectivity index (χ3n) is 7.76. The van der Waals surface area contributed by atoms with Gasteiger partial charge in [-0.3, -0.25) is 19.6 Å². The summed E-state index contributed by atoms with van der Waals surface area (Å²) < 4.78 is 0. The Morgan fingerprint density at radius 3 is 1.68 bits per heavy atom. The Hall–Kier alpha value is -0.160. The molecule has 2 heterocycles. The van der Waals surface area contributed by atoms with Gasteiger partial charge in [0.2, 0.25) is 0 Å². The maximum atomic E-state index is 2.82. The Bertz CT molecular complexity index is 477. The molecule has 0 N–H and O–H groups in total. The molecule has 166 valence electrons. The summed E-state index contributed by atoms with van der Waals surface area (Å²) in [6, 6.07) is 4.38. The summed E-state index contributed by atoms with van der Waals surface area (Å²) in [4.78, 5) is 10.9. The predicted molar refractivity (Wildman–Crippen MR) is 123 cm³/mol. The van der Waals surface area contributed by atoms with Gasteiger partial charge in [-0.1, -0.05) is 0 Å². The van der Waals surface area contributed by atoms with E-state index in [-0.39, 0.29) is 5.54 Å². The van der Waals surface area contributed by atoms with Crippen LogP contribution in [0.15, 0.2) is 0 Å². The van der Waals surface area contributed by atoms with Gasteiger partial charge in [0, 0.05) is 74.0 Å². The van der Waals surface area contributed by atoms with E-state index < -0.39 is 0 Å². The lowest BCUT2D eigenvalue weighted by Crippen LogP contribution is -2.66. The molecule has 0 aromatic heterocycles. The molecule has 0 aliphatic carbocycles. The van der Waals surface area contributed by atoms with Crippen molar-refractivity contribution in [2.45, 2.75) is 130 Å². The van der Waals surface area contributed by atoms with Crippen LogP contribution in [-0.4, -0.2) is 93.6 Å². The van der Waals surface area contributed by atoms with Crippen molar-refractivity contribution in [2.24, 2.45) is 0 Å². The highest BCUT2D eigenvalue weighted by molar-refractivity contribution is 4.98. The summed E-state index contributed by atoms with van der Waals surface area (Å²) in [5.74, 6) is 0. The van der Waals surface area contributed by atoms with Crippen molar-refractivity contribution in [2.75, 3.05) is 26.2 Å². The molecular weight excluding hydrogens is 344 g/mol. The van der Waals surface area contributed by atoms with E-state index >= 15 is 0 Å². The Kier molecular flexibility index (Phi) is 8.03. The van der Waals surface area contributed by atoms with Gasteiger partial charge in [-0.05, 0) is 82.6 Å². The van der Waals surface area contributed by atoms with Gasteiger partial charge in [-0.2, -0.15) is 0 Å². The van der Waals surface area contributed by atoms with Crippen molar-refractivity contribution in [1.82, 2.24) is 19.6 Å². The fraction of sp³-hybridized carbons (Fsp3) is 1.00. The van der Waals surface area contributed by atoms with Crippen LogP contribution in [0, 0.1) is 0 Å². The molecule has 4 heteroatoms. The molecule has 2 saturated heterocycles. The lowest BCUT2D eigenvalue weighted by atomic mass is 9.87. The van der Waals surface area contributed by atoms with Gasteiger partial charge in [-0.25, -0.2) is 0 Å². The third-order valence-corrected chi connectivity index (χ3v) is 7.76. The summed E-state index contributed by atoms with van der Waals surface area (Å²) in [6.07, 6.45) is 1.24. The molecule has 2 rings (SSSR count). The average Bonchev–Trinajstić information content (AvgIpc) is 2.55. The lowest BCUT2D eigenvalue weighted by Gasteiger charge is -2.55. The normalized spacial score (nSPS) is 33.8. The van der Waals surface area contributed by atoms with E-state index in [1.54, 1.807) is 0 Å². The number of nitrogens with zero attached hydrogens (tertiary/aromatic N) is 4. The standard InChI is InChI=1S/C24H50N4/c1-17(2)25-15-20(6)28(21(7)16-25)24(10,11)14-19(5)27-13-12-26(18(3)4)22(8)23(27)9/h17-23H,12-16H2,1-11H3/t19?,20-,21-,22-,23-/m1/s1. The first kappa shape index (κ1) is 24.1. The smallest absolute Gasteiger partial charge is 0.0224 e. The van der Waals surface area contributed by atoms with Crippen LogP contribution in [0.4, 0.5) is 0 Å². The van der Waals surface area contributed by atoms with E-state index in [9.17, 15) is 0 Å². The molecule has 4 nitrogen and oxygen atoms in total. The van der Waals surface area contributed by atoms with Gasteiger partial charge < -0.3 is 0 Å². The molecule has 5 atom stereocenters. The molecule has 0 radical (unpaired) electrons. The maximum Gasteiger partial charge on any atom is 0.0224 e. The Balaban J connectivity index is 2.05. The zero-order valence-electron chi connectivity index (χ0n) is 20.9. The van der Waals surface area contributed by atoms with Gasteiger partial charge in [-0.15, -0.1) is 0 Å². The van der Waals surface area contributed by atoms with Crippen molar-refractivity contribution in [3.63, 3.8) is 0 Å². The van der Waals surface area contributed by atoms with Crippen LogP contribution in [0.3, 0.4) is 0 Å². The van der Waals surface area contributed by atoms with Crippen LogP contribution < -0.4 is 0 Å². The van der Waals surface area contributed by atoms with Crippen LogP contribution in [0.2, 0.25) is 0 Å². The van der Waals surface area contributed by atoms with Crippen LogP contribution in [-0.2, 0) is 0 Å². The van der Waals surface area contributed by atoms with E-state index in [0.717, 1.165) is 0 Å². The second-order valence-corrected chi connectivity index (χ2v) is 11.1. The van der Waals surface area contributed by atoms with Crippen molar-refractivity contribution in [3.05, 3.63) is 0 Å². The lowest BCUT2D eigenvalue weighted by molar-refractivity contribution is -0.0615. The molecule has 2 aliphatic heterocycles. The molecule has 0 aromatic rings. The zero-order valence-corrected chi connectivity index (χ0v) is 20.9. The molecule has 0 bridgehead atoms. The summed E-state index contributed by atoms with van der Waals surface area (Å²) in [7, 11) is 0. The minimum absolute atomic E-state index is 0.222. The SMILES string of the molecule is CC(C)N1C[C@@H](C)N(C(C)(C)CC(C)N2CCN(C(C)C)[C@H](C)[C@H]2C)[C@H](C)C1. The highest BCUT2D eigenvalue weighted by atomic mass is 15.4. The molecule has 2 fully saturated rings. The maximum absolute atomic E-state index is 2.82. The second-order valence-electron chi connectivity index (χ2n) is 11.1. The molecule has 0 spiro atoms. The van der Waals surface area contributed by atoms with Gasteiger partial charge in [0.15, 0.2) is 0 Å². The van der Waals surface area contributed by atoms with Gasteiger partial charge in [0.05, 0.1) is 0 Å². The Morgan fingerprint density at radius 2 is 1.21 bits per heavy atom. The summed E-state index contributed by atoms with van der Waals surface area (Å²) in [5, 5.41) is 0. The number of piperazine rings is 2. The topological polar surface area (TPSA) is 13.0 Å². The first-order valence-corrected chi connectivity index (χ1v) is 11.9. The quantitative estimate of drug-likeness (QED) is 0.671. The van der Waals surface area contributed by atoms with E-state index in [0.29, 0.717) is 42.3 Å². The van der Waals surface area contributed by atoms with Gasteiger partial charge in [0.25, 0.3) is 0 Å². The molecule has 0 aromatic carbocycles. The van der Waals surface area contributed by atoms with Crippen molar-refractivity contribution < 1.29 is 0 Å². The fourth-order valence-corrected chi connectivity index (χ4v) is 6.47. The summed E-state index contributed by atoms with van der Waals surface area (Å²) in [5.41, 5.74) is 0.222. The van der Waals surface area contributed by atoms with Crippen molar-refractivity contribution >= 4 is 0 Å². The average molecular weight is 395 g/mol.